The summed E-state index contributed by atoms with van der Waals surface area (Å²) in [5, 5.41) is 0. The van der Waals surface area contributed by atoms with E-state index < -0.39 is 0 Å². The zero-order valence-electron chi connectivity index (χ0n) is 12.4. The highest BCUT2D eigenvalue weighted by Crippen LogP contribution is 2.24. The van der Waals surface area contributed by atoms with Crippen molar-refractivity contribution in [3.63, 3.8) is 0 Å². The SMILES string of the molecule is CN(C(N)=NCCC(=O)N1CCCCCC1)C1CC1.I. The van der Waals surface area contributed by atoms with E-state index in [2.05, 4.69) is 4.99 Å². The summed E-state index contributed by atoms with van der Waals surface area (Å²) in [4.78, 5) is 20.4. The number of aliphatic imine (C=N–C) groups is 1. The van der Waals surface area contributed by atoms with Crippen molar-refractivity contribution in [3.8, 4) is 0 Å². The van der Waals surface area contributed by atoms with Crippen LogP contribution in [-0.2, 0) is 4.79 Å². The van der Waals surface area contributed by atoms with Crippen LogP contribution in [0.25, 0.3) is 0 Å². The van der Waals surface area contributed by atoms with Gasteiger partial charge in [-0.2, -0.15) is 0 Å². The number of hydrogen-bond donors (Lipinski definition) is 1. The maximum absolute atomic E-state index is 12.1. The molecule has 1 saturated carbocycles. The maximum atomic E-state index is 12.1. The molecular formula is C14H27IN4O. The lowest BCUT2D eigenvalue weighted by Gasteiger charge is -2.20. The van der Waals surface area contributed by atoms with Crippen molar-refractivity contribution in [2.24, 2.45) is 10.7 Å². The van der Waals surface area contributed by atoms with Crippen LogP contribution in [0.15, 0.2) is 4.99 Å². The third-order valence-electron chi connectivity index (χ3n) is 4.01. The average Bonchev–Trinajstić information content (AvgIpc) is 3.23. The Bertz CT molecular complexity index is 336. The van der Waals surface area contributed by atoms with Crippen molar-refractivity contribution in [1.29, 1.82) is 0 Å². The van der Waals surface area contributed by atoms with E-state index >= 15 is 0 Å². The average molecular weight is 394 g/mol. The van der Waals surface area contributed by atoms with Gasteiger partial charge in [-0.1, -0.05) is 12.8 Å². The largest absolute Gasteiger partial charge is 0.370 e. The molecule has 2 rings (SSSR count). The Labute approximate surface area is 139 Å². The number of carbonyl (C=O) groups excluding carboxylic acids is 1. The van der Waals surface area contributed by atoms with Crippen LogP contribution in [0.5, 0.6) is 0 Å². The minimum Gasteiger partial charge on any atom is -0.370 e. The third-order valence-corrected chi connectivity index (χ3v) is 4.01. The van der Waals surface area contributed by atoms with Gasteiger partial charge in [-0.05, 0) is 25.7 Å². The van der Waals surface area contributed by atoms with Gasteiger partial charge in [0.2, 0.25) is 5.91 Å². The summed E-state index contributed by atoms with van der Waals surface area (Å²) in [5.74, 6) is 0.804. The van der Waals surface area contributed by atoms with Crippen LogP contribution < -0.4 is 5.73 Å². The second kappa shape index (κ2) is 8.69. The molecule has 6 heteroatoms. The Kier molecular flexibility index (Phi) is 7.61. The smallest absolute Gasteiger partial charge is 0.224 e. The quantitative estimate of drug-likeness (QED) is 0.450. The summed E-state index contributed by atoms with van der Waals surface area (Å²) in [7, 11) is 1.98. The topological polar surface area (TPSA) is 61.9 Å². The van der Waals surface area contributed by atoms with Crippen LogP contribution in [-0.4, -0.2) is 54.4 Å². The summed E-state index contributed by atoms with van der Waals surface area (Å²) >= 11 is 0. The normalized spacial score (nSPS) is 20.1. The van der Waals surface area contributed by atoms with Gasteiger partial charge in [0, 0.05) is 32.6 Å². The monoisotopic (exact) mass is 394 g/mol. The molecule has 0 aromatic carbocycles. The van der Waals surface area contributed by atoms with E-state index in [9.17, 15) is 4.79 Å². The van der Waals surface area contributed by atoms with Gasteiger partial charge in [0.05, 0.1) is 6.54 Å². The molecule has 2 fully saturated rings. The Morgan fingerprint density at radius 2 is 1.85 bits per heavy atom. The number of carbonyl (C=O) groups is 1. The maximum Gasteiger partial charge on any atom is 0.224 e. The molecule has 2 aliphatic rings. The van der Waals surface area contributed by atoms with Crippen LogP contribution in [0, 0.1) is 0 Å². The van der Waals surface area contributed by atoms with Gasteiger partial charge in [0.25, 0.3) is 0 Å². The van der Waals surface area contributed by atoms with Crippen molar-refractivity contribution in [2.45, 2.75) is 51.0 Å². The second-order valence-corrected chi connectivity index (χ2v) is 5.63. The first-order valence-electron chi connectivity index (χ1n) is 7.49. The number of nitrogens with two attached hydrogens (primary N) is 1. The molecule has 2 N–H and O–H groups in total. The number of amides is 1. The lowest BCUT2D eigenvalue weighted by molar-refractivity contribution is -0.130. The molecule has 0 aromatic rings. The number of nitrogens with zero attached hydrogens (tertiary/aromatic N) is 3. The molecule has 116 valence electrons. The molecule has 0 bridgehead atoms. The summed E-state index contributed by atoms with van der Waals surface area (Å²) in [6.45, 7) is 2.35. The van der Waals surface area contributed by atoms with Crippen LogP contribution in [0.2, 0.25) is 0 Å². The van der Waals surface area contributed by atoms with Gasteiger partial charge in [0.15, 0.2) is 5.96 Å². The Morgan fingerprint density at radius 3 is 2.40 bits per heavy atom. The molecule has 0 aromatic heterocycles. The lowest BCUT2D eigenvalue weighted by Crippen LogP contribution is -2.36. The number of halogens is 1. The van der Waals surface area contributed by atoms with Gasteiger partial charge in [-0.25, -0.2) is 0 Å². The standard InChI is InChI=1S/C14H26N4O.HI/c1-17(12-6-7-12)14(15)16-9-8-13(19)18-10-4-2-3-5-11-18;/h12H,2-11H2,1H3,(H2,15,16);1H. The van der Waals surface area contributed by atoms with E-state index in [0.29, 0.717) is 25.0 Å². The Hall–Kier alpha value is -0.530. The highest BCUT2D eigenvalue weighted by Gasteiger charge is 2.27. The van der Waals surface area contributed by atoms with Crippen molar-refractivity contribution in [3.05, 3.63) is 0 Å². The van der Waals surface area contributed by atoms with E-state index in [1.807, 2.05) is 16.8 Å². The van der Waals surface area contributed by atoms with E-state index in [0.717, 1.165) is 25.9 Å². The van der Waals surface area contributed by atoms with Gasteiger partial charge >= 0.3 is 0 Å². The van der Waals surface area contributed by atoms with Gasteiger partial charge in [0.1, 0.15) is 0 Å². The Morgan fingerprint density at radius 1 is 1.25 bits per heavy atom. The minimum absolute atomic E-state index is 0. The van der Waals surface area contributed by atoms with Gasteiger partial charge < -0.3 is 15.5 Å². The lowest BCUT2D eigenvalue weighted by atomic mass is 10.2. The molecule has 0 atom stereocenters. The highest BCUT2D eigenvalue weighted by molar-refractivity contribution is 14.0. The summed E-state index contributed by atoms with van der Waals surface area (Å²) in [5.41, 5.74) is 5.90. The number of likely N-dealkylation sites (tertiary alicyclic amines) is 1. The first kappa shape index (κ1) is 17.5. The van der Waals surface area contributed by atoms with Gasteiger partial charge in [-0.3, -0.25) is 9.79 Å². The predicted molar refractivity (Wildman–Crippen MR) is 92.4 cm³/mol. The summed E-state index contributed by atoms with van der Waals surface area (Å²) in [6, 6.07) is 0.574. The minimum atomic E-state index is 0. The zero-order valence-corrected chi connectivity index (χ0v) is 14.7. The molecule has 20 heavy (non-hydrogen) atoms. The fraction of sp³-hybridized carbons (Fsp3) is 0.857. The number of rotatable bonds is 4. The fourth-order valence-corrected chi connectivity index (χ4v) is 2.50. The van der Waals surface area contributed by atoms with E-state index in [1.165, 1.54) is 25.7 Å². The van der Waals surface area contributed by atoms with Crippen molar-refractivity contribution < 1.29 is 4.79 Å². The zero-order chi connectivity index (χ0) is 13.7. The predicted octanol–water partition coefficient (Wildman–Crippen LogP) is 1.81. The van der Waals surface area contributed by atoms with Crippen LogP contribution in [0.4, 0.5) is 0 Å². The molecule has 1 aliphatic heterocycles. The second-order valence-electron chi connectivity index (χ2n) is 5.63. The molecule has 1 amide bonds. The van der Waals surface area contributed by atoms with E-state index in [-0.39, 0.29) is 29.9 Å². The van der Waals surface area contributed by atoms with Crippen molar-refractivity contribution >= 4 is 35.8 Å². The summed E-state index contributed by atoms with van der Waals surface area (Å²) in [6.07, 6.45) is 7.68. The van der Waals surface area contributed by atoms with E-state index in [4.69, 9.17) is 5.73 Å². The molecule has 0 spiro atoms. The third kappa shape index (κ3) is 5.46. The Balaban J connectivity index is 0.00000200. The molecule has 0 radical (unpaired) electrons. The van der Waals surface area contributed by atoms with Crippen LogP contribution in [0.1, 0.15) is 44.9 Å². The highest BCUT2D eigenvalue weighted by atomic mass is 127. The molecule has 1 heterocycles. The van der Waals surface area contributed by atoms with Crippen molar-refractivity contribution in [1.82, 2.24) is 9.80 Å². The molecule has 1 saturated heterocycles. The van der Waals surface area contributed by atoms with Crippen LogP contribution >= 0.6 is 24.0 Å². The van der Waals surface area contributed by atoms with Crippen LogP contribution in [0.3, 0.4) is 0 Å². The fourth-order valence-electron chi connectivity index (χ4n) is 2.50. The summed E-state index contributed by atoms with van der Waals surface area (Å²) < 4.78 is 0. The first-order valence-corrected chi connectivity index (χ1v) is 7.49. The van der Waals surface area contributed by atoms with E-state index in [1.54, 1.807) is 0 Å². The molecule has 1 aliphatic carbocycles. The molecule has 0 unspecified atom stereocenters. The first-order chi connectivity index (χ1) is 9.18. The number of hydrogen-bond acceptors (Lipinski definition) is 2. The number of guanidine groups is 1. The molecular weight excluding hydrogens is 367 g/mol. The van der Waals surface area contributed by atoms with Crippen molar-refractivity contribution in [2.75, 3.05) is 26.7 Å². The van der Waals surface area contributed by atoms with Gasteiger partial charge in [-0.15, -0.1) is 24.0 Å². The molecule has 5 nitrogen and oxygen atoms in total.